The van der Waals surface area contributed by atoms with E-state index in [2.05, 4.69) is 10.6 Å². The lowest BCUT2D eigenvalue weighted by Gasteiger charge is -2.25. The van der Waals surface area contributed by atoms with Crippen molar-refractivity contribution < 1.29 is 19.1 Å². The average Bonchev–Trinajstić information content (AvgIpc) is 2.50. The van der Waals surface area contributed by atoms with Crippen LogP contribution in [0.1, 0.15) is 32.3 Å². The van der Waals surface area contributed by atoms with E-state index in [9.17, 15) is 19.1 Å². The highest BCUT2D eigenvalue weighted by Gasteiger charge is 2.22. The van der Waals surface area contributed by atoms with Gasteiger partial charge in [-0.3, -0.25) is 9.59 Å². The van der Waals surface area contributed by atoms with E-state index >= 15 is 0 Å². The molecule has 0 saturated heterocycles. The van der Waals surface area contributed by atoms with Crippen molar-refractivity contribution in [3.05, 3.63) is 35.6 Å². The van der Waals surface area contributed by atoms with Crippen molar-refractivity contribution in [1.29, 1.82) is 0 Å². The third-order valence-electron chi connectivity index (χ3n) is 3.63. The van der Waals surface area contributed by atoms with Crippen LogP contribution in [0.2, 0.25) is 0 Å². The third kappa shape index (κ3) is 6.22. The first kappa shape index (κ1) is 18.1. The SMILES string of the molecule is CCC(O)(CC)CNC(=O)CNC(=O)Cc1cccc(F)c1. The Balaban J connectivity index is 2.33. The largest absolute Gasteiger partial charge is 0.388 e. The Bertz CT molecular complexity index is 516. The molecule has 1 rings (SSSR count). The summed E-state index contributed by atoms with van der Waals surface area (Å²) in [5.41, 5.74) is -0.370. The maximum Gasteiger partial charge on any atom is 0.239 e. The number of aliphatic hydroxyl groups is 1. The number of nitrogens with one attached hydrogen (secondary N) is 2. The van der Waals surface area contributed by atoms with Gasteiger partial charge < -0.3 is 15.7 Å². The van der Waals surface area contributed by atoms with E-state index in [1.54, 1.807) is 6.07 Å². The molecule has 0 saturated carbocycles. The molecule has 0 fully saturated rings. The molecule has 1 aromatic rings. The smallest absolute Gasteiger partial charge is 0.239 e. The van der Waals surface area contributed by atoms with Gasteiger partial charge in [0, 0.05) is 6.54 Å². The quantitative estimate of drug-likeness (QED) is 0.674. The van der Waals surface area contributed by atoms with Crippen LogP contribution in [0.25, 0.3) is 0 Å². The molecule has 0 atom stereocenters. The second-order valence-electron chi connectivity index (χ2n) is 5.29. The number of amides is 2. The number of hydrogen-bond donors (Lipinski definition) is 3. The predicted molar refractivity (Wildman–Crippen MR) is 81.7 cm³/mol. The summed E-state index contributed by atoms with van der Waals surface area (Å²) in [5.74, 6) is -1.13. The van der Waals surface area contributed by atoms with E-state index < -0.39 is 11.4 Å². The van der Waals surface area contributed by atoms with Crippen molar-refractivity contribution in [1.82, 2.24) is 10.6 Å². The summed E-state index contributed by atoms with van der Waals surface area (Å²) in [5, 5.41) is 15.1. The van der Waals surface area contributed by atoms with Crippen LogP contribution in [0.4, 0.5) is 4.39 Å². The summed E-state index contributed by atoms with van der Waals surface area (Å²) in [6.07, 6.45) is 1.09. The number of hydrogen-bond acceptors (Lipinski definition) is 3. The van der Waals surface area contributed by atoms with Crippen molar-refractivity contribution in [2.24, 2.45) is 0 Å². The lowest BCUT2D eigenvalue weighted by atomic mass is 9.98. The fourth-order valence-electron chi connectivity index (χ4n) is 1.90. The molecule has 122 valence electrons. The normalized spacial score (nSPS) is 11.1. The average molecular weight is 310 g/mol. The summed E-state index contributed by atoms with van der Waals surface area (Å²) < 4.78 is 13.0. The minimum absolute atomic E-state index is 0.0128. The molecule has 5 nitrogen and oxygen atoms in total. The molecule has 0 heterocycles. The highest BCUT2D eigenvalue weighted by molar-refractivity contribution is 5.85. The molecule has 0 aliphatic carbocycles. The number of benzene rings is 1. The Morgan fingerprint density at radius 3 is 2.45 bits per heavy atom. The van der Waals surface area contributed by atoms with Crippen LogP contribution in [0, 0.1) is 5.82 Å². The predicted octanol–water partition coefficient (Wildman–Crippen LogP) is 1.15. The molecule has 0 unspecified atom stereocenters. The molecule has 6 heteroatoms. The Morgan fingerprint density at radius 1 is 1.18 bits per heavy atom. The van der Waals surface area contributed by atoms with Crippen LogP contribution in [-0.4, -0.2) is 35.6 Å². The Kier molecular flexibility index (Phi) is 6.98. The van der Waals surface area contributed by atoms with Crippen molar-refractivity contribution in [2.75, 3.05) is 13.1 Å². The molecule has 2 amide bonds. The summed E-state index contributed by atoms with van der Waals surface area (Å²) in [6, 6.07) is 5.76. The van der Waals surface area contributed by atoms with Crippen LogP contribution in [0.3, 0.4) is 0 Å². The van der Waals surface area contributed by atoms with Crippen LogP contribution < -0.4 is 10.6 Å². The van der Waals surface area contributed by atoms with Crippen LogP contribution in [0.5, 0.6) is 0 Å². The molecule has 0 aliphatic heterocycles. The fourth-order valence-corrected chi connectivity index (χ4v) is 1.90. The molecule has 3 N–H and O–H groups in total. The second kappa shape index (κ2) is 8.48. The minimum atomic E-state index is -0.915. The molecule has 0 radical (unpaired) electrons. The van der Waals surface area contributed by atoms with E-state index in [4.69, 9.17) is 0 Å². The van der Waals surface area contributed by atoms with Gasteiger partial charge in [0.05, 0.1) is 18.6 Å². The van der Waals surface area contributed by atoms with Crippen LogP contribution >= 0.6 is 0 Å². The summed E-state index contributed by atoms with van der Waals surface area (Å²) in [6.45, 7) is 3.67. The van der Waals surface area contributed by atoms with E-state index in [1.807, 2.05) is 13.8 Å². The molecule has 0 aromatic heterocycles. The summed E-state index contributed by atoms with van der Waals surface area (Å²) in [4.78, 5) is 23.3. The molecule has 1 aromatic carbocycles. The highest BCUT2D eigenvalue weighted by atomic mass is 19.1. The van der Waals surface area contributed by atoms with E-state index in [0.717, 1.165) is 0 Å². The van der Waals surface area contributed by atoms with E-state index in [0.29, 0.717) is 18.4 Å². The maximum absolute atomic E-state index is 13.0. The number of carbonyl (C=O) groups excluding carboxylic acids is 2. The zero-order chi connectivity index (χ0) is 16.6. The van der Waals surface area contributed by atoms with Crippen molar-refractivity contribution in [2.45, 2.75) is 38.7 Å². The molecular weight excluding hydrogens is 287 g/mol. The van der Waals surface area contributed by atoms with Gasteiger partial charge in [0.25, 0.3) is 0 Å². The highest BCUT2D eigenvalue weighted by Crippen LogP contribution is 2.12. The van der Waals surface area contributed by atoms with Crippen molar-refractivity contribution >= 4 is 11.8 Å². The van der Waals surface area contributed by atoms with Crippen LogP contribution in [0.15, 0.2) is 24.3 Å². The van der Waals surface area contributed by atoms with Crippen molar-refractivity contribution in [3.63, 3.8) is 0 Å². The lowest BCUT2D eigenvalue weighted by molar-refractivity contribution is -0.126. The van der Waals surface area contributed by atoms with Gasteiger partial charge in [0.15, 0.2) is 0 Å². The molecular formula is C16H23FN2O3. The Hall–Kier alpha value is -1.95. The first-order valence-corrected chi connectivity index (χ1v) is 7.38. The van der Waals surface area contributed by atoms with Gasteiger partial charge in [-0.1, -0.05) is 26.0 Å². The molecule has 0 spiro atoms. The Morgan fingerprint density at radius 2 is 1.86 bits per heavy atom. The monoisotopic (exact) mass is 310 g/mol. The fraction of sp³-hybridized carbons (Fsp3) is 0.500. The molecule has 0 aliphatic rings. The molecule has 22 heavy (non-hydrogen) atoms. The zero-order valence-electron chi connectivity index (χ0n) is 13.0. The zero-order valence-corrected chi connectivity index (χ0v) is 13.0. The number of carbonyl (C=O) groups is 2. The van der Waals surface area contributed by atoms with Gasteiger partial charge in [-0.15, -0.1) is 0 Å². The third-order valence-corrected chi connectivity index (χ3v) is 3.63. The van der Waals surface area contributed by atoms with Crippen LogP contribution in [-0.2, 0) is 16.0 Å². The standard InChI is InChI=1S/C16H23FN2O3/c1-3-16(22,4-2)11-19-15(21)10-18-14(20)9-12-6-5-7-13(17)8-12/h5-8,22H,3-4,9-11H2,1-2H3,(H,18,20)(H,19,21). The van der Waals surface area contributed by atoms with Crippen molar-refractivity contribution in [3.8, 4) is 0 Å². The molecule has 0 bridgehead atoms. The van der Waals surface area contributed by atoms with Gasteiger partial charge in [-0.25, -0.2) is 4.39 Å². The second-order valence-corrected chi connectivity index (χ2v) is 5.29. The van der Waals surface area contributed by atoms with Gasteiger partial charge >= 0.3 is 0 Å². The lowest BCUT2D eigenvalue weighted by Crippen LogP contribution is -2.45. The van der Waals surface area contributed by atoms with Gasteiger partial charge in [-0.2, -0.15) is 0 Å². The Labute approximate surface area is 129 Å². The van der Waals surface area contributed by atoms with Gasteiger partial charge in [0.1, 0.15) is 5.82 Å². The van der Waals surface area contributed by atoms with E-state index in [-0.39, 0.29) is 31.3 Å². The summed E-state index contributed by atoms with van der Waals surface area (Å²) >= 11 is 0. The number of halogens is 1. The first-order valence-electron chi connectivity index (χ1n) is 7.38. The maximum atomic E-state index is 13.0. The topological polar surface area (TPSA) is 78.4 Å². The first-order chi connectivity index (χ1) is 10.4. The summed E-state index contributed by atoms with van der Waals surface area (Å²) in [7, 11) is 0. The van der Waals surface area contributed by atoms with E-state index in [1.165, 1.54) is 18.2 Å². The van der Waals surface area contributed by atoms with Gasteiger partial charge in [-0.05, 0) is 30.5 Å². The minimum Gasteiger partial charge on any atom is -0.388 e. The number of rotatable bonds is 8. The van der Waals surface area contributed by atoms with Gasteiger partial charge in [0.2, 0.25) is 11.8 Å².